The van der Waals surface area contributed by atoms with Gasteiger partial charge >= 0.3 is 6.03 Å². The van der Waals surface area contributed by atoms with Crippen molar-refractivity contribution >= 4 is 6.03 Å². The molecule has 2 amide bonds. The Bertz CT molecular complexity index is 508. The van der Waals surface area contributed by atoms with E-state index >= 15 is 0 Å². The minimum absolute atomic E-state index is 0.0827. The fourth-order valence-corrected chi connectivity index (χ4v) is 1.78. The van der Waals surface area contributed by atoms with Crippen molar-refractivity contribution in [2.75, 3.05) is 6.54 Å². The summed E-state index contributed by atoms with van der Waals surface area (Å²) in [7, 11) is 0. The highest BCUT2D eigenvalue weighted by Crippen LogP contribution is 2.08. The van der Waals surface area contributed by atoms with Gasteiger partial charge in [0.25, 0.3) is 0 Å². The van der Waals surface area contributed by atoms with Crippen LogP contribution in [0.2, 0.25) is 0 Å². The van der Waals surface area contributed by atoms with Gasteiger partial charge in [-0.25, -0.2) is 4.79 Å². The molecule has 0 aliphatic rings. The summed E-state index contributed by atoms with van der Waals surface area (Å²) in [6.07, 6.45) is 15.9. The highest BCUT2D eigenvalue weighted by Gasteiger charge is 2.17. The molecule has 0 bridgehead atoms. The summed E-state index contributed by atoms with van der Waals surface area (Å²) in [6.45, 7) is 20.0. The maximum atomic E-state index is 12.5. The highest BCUT2D eigenvalue weighted by molar-refractivity contribution is 5.77. The van der Waals surface area contributed by atoms with Crippen molar-refractivity contribution in [3.8, 4) is 0 Å². The van der Waals surface area contributed by atoms with E-state index in [0.29, 0.717) is 12.2 Å². The SMILES string of the molecule is C=C/C=C\C(=C/C)CN(C(=O)N/C(C=C)=C/C=C\CC)C(C)C.CC. The molecule has 3 heteroatoms. The fraction of sp³-hybridized carbons (Fsp3) is 0.409. The Balaban J connectivity index is 0. The van der Waals surface area contributed by atoms with Crippen molar-refractivity contribution < 1.29 is 4.79 Å². The van der Waals surface area contributed by atoms with Gasteiger partial charge in [-0.2, -0.15) is 0 Å². The third-order valence-electron chi connectivity index (χ3n) is 3.17. The first-order chi connectivity index (χ1) is 12.0. The molecule has 0 aromatic rings. The third-order valence-corrected chi connectivity index (χ3v) is 3.17. The Hall–Kier alpha value is -2.29. The van der Waals surface area contributed by atoms with Gasteiger partial charge in [-0.05, 0) is 44.9 Å². The van der Waals surface area contributed by atoms with Crippen molar-refractivity contribution in [2.45, 2.75) is 54.0 Å². The Morgan fingerprint density at radius 3 is 2.28 bits per heavy atom. The molecule has 0 heterocycles. The summed E-state index contributed by atoms with van der Waals surface area (Å²) < 4.78 is 0. The van der Waals surface area contributed by atoms with Crippen LogP contribution in [0.25, 0.3) is 0 Å². The zero-order valence-electron chi connectivity index (χ0n) is 16.9. The normalized spacial score (nSPS) is 12.1. The van der Waals surface area contributed by atoms with E-state index in [1.165, 1.54) is 0 Å². The minimum Gasteiger partial charge on any atom is -0.318 e. The number of amides is 2. The molecule has 25 heavy (non-hydrogen) atoms. The standard InChI is InChI=1S/C20H30N2O.C2H6/c1-7-11-13-15-19(10-4)21-20(23)22(17(5)6)16-18(9-3)14-12-8-2;1-2/h8-15,17H,2,4,7,16H2,1,3,5-6H3,(H,21,23);1-2H3/b13-11-,14-12-,18-9+,19-15+;. The van der Waals surface area contributed by atoms with E-state index in [2.05, 4.69) is 25.4 Å². The van der Waals surface area contributed by atoms with Gasteiger partial charge in [0.2, 0.25) is 0 Å². The van der Waals surface area contributed by atoms with Crippen LogP contribution in [0.4, 0.5) is 4.79 Å². The number of carbonyl (C=O) groups excluding carboxylic acids is 1. The zero-order valence-corrected chi connectivity index (χ0v) is 16.9. The van der Waals surface area contributed by atoms with Crippen molar-refractivity contribution in [1.82, 2.24) is 10.2 Å². The Labute approximate surface area is 155 Å². The summed E-state index contributed by atoms with van der Waals surface area (Å²) in [6, 6.07) is -0.0540. The molecule has 140 valence electrons. The molecule has 0 rings (SSSR count). The van der Waals surface area contributed by atoms with Crippen LogP contribution in [0.15, 0.2) is 73.0 Å². The second-order valence-corrected chi connectivity index (χ2v) is 5.27. The first-order valence-corrected chi connectivity index (χ1v) is 9.01. The van der Waals surface area contributed by atoms with Gasteiger partial charge in [-0.15, -0.1) is 0 Å². The van der Waals surface area contributed by atoms with E-state index in [1.807, 2.05) is 71.1 Å². The molecule has 0 aliphatic heterocycles. The van der Waals surface area contributed by atoms with Gasteiger partial charge in [0.15, 0.2) is 0 Å². The van der Waals surface area contributed by atoms with Crippen molar-refractivity contribution in [3.63, 3.8) is 0 Å². The second-order valence-electron chi connectivity index (χ2n) is 5.27. The molecule has 0 saturated carbocycles. The lowest BCUT2D eigenvalue weighted by Crippen LogP contribution is -2.44. The van der Waals surface area contributed by atoms with Gasteiger partial charge in [-0.1, -0.05) is 70.4 Å². The molecule has 0 radical (unpaired) electrons. The number of nitrogens with zero attached hydrogens (tertiary/aromatic N) is 1. The van der Waals surface area contributed by atoms with E-state index in [9.17, 15) is 4.79 Å². The molecule has 0 aromatic heterocycles. The monoisotopic (exact) mass is 344 g/mol. The van der Waals surface area contributed by atoms with E-state index in [1.54, 1.807) is 17.1 Å². The molecule has 0 atom stereocenters. The van der Waals surface area contributed by atoms with Crippen LogP contribution < -0.4 is 5.32 Å². The number of allylic oxidation sites excluding steroid dienone is 7. The number of carbonyl (C=O) groups is 1. The van der Waals surface area contributed by atoms with Crippen LogP contribution in [0.3, 0.4) is 0 Å². The lowest BCUT2D eigenvalue weighted by molar-refractivity contribution is 0.192. The second kappa shape index (κ2) is 16.6. The van der Waals surface area contributed by atoms with Crippen LogP contribution in [0.1, 0.15) is 48.0 Å². The van der Waals surface area contributed by atoms with E-state index in [-0.39, 0.29) is 12.1 Å². The minimum atomic E-state index is -0.137. The van der Waals surface area contributed by atoms with E-state index in [4.69, 9.17) is 0 Å². The maximum Gasteiger partial charge on any atom is 0.322 e. The lowest BCUT2D eigenvalue weighted by atomic mass is 10.2. The van der Waals surface area contributed by atoms with Crippen LogP contribution >= 0.6 is 0 Å². The molecule has 0 unspecified atom stereocenters. The first kappa shape index (κ1) is 25.0. The Morgan fingerprint density at radius 1 is 1.20 bits per heavy atom. The number of urea groups is 1. The largest absolute Gasteiger partial charge is 0.322 e. The van der Waals surface area contributed by atoms with Crippen LogP contribution in [0.5, 0.6) is 0 Å². The summed E-state index contributed by atoms with van der Waals surface area (Å²) in [5.41, 5.74) is 1.75. The predicted octanol–water partition coefficient (Wildman–Crippen LogP) is 6.16. The zero-order chi connectivity index (χ0) is 19.7. The molecule has 1 N–H and O–H groups in total. The number of nitrogens with one attached hydrogen (secondary N) is 1. The van der Waals surface area contributed by atoms with Crippen molar-refractivity contribution in [2.24, 2.45) is 0 Å². The fourth-order valence-electron chi connectivity index (χ4n) is 1.78. The van der Waals surface area contributed by atoms with Crippen molar-refractivity contribution in [1.29, 1.82) is 0 Å². The topological polar surface area (TPSA) is 32.3 Å². The summed E-state index contributed by atoms with van der Waals surface area (Å²) in [5.74, 6) is 0. The molecule has 0 spiro atoms. The summed E-state index contributed by atoms with van der Waals surface area (Å²) in [5, 5.41) is 2.90. The summed E-state index contributed by atoms with van der Waals surface area (Å²) in [4.78, 5) is 14.3. The first-order valence-electron chi connectivity index (χ1n) is 9.01. The van der Waals surface area contributed by atoms with Crippen LogP contribution in [-0.2, 0) is 0 Å². The Kier molecular flexibility index (Phi) is 16.5. The molecule has 0 aromatic carbocycles. The van der Waals surface area contributed by atoms with Gasteiger partial charge in [0.1, 0.15) is 0 Å². The lowest BCUT2D eigenvalue weighted by Gasteiger charge is -2.27. The van der Waals surface area contributed by atoms with Crippen molar-refractivity contribution in [3.05, 3.63) is 73.0 Å². The molecule has 0 fully saturated rings. The average molecular weight is 345 g/mol. The molecule has 0 saturated heterocycles. The van der Waals surface area contributed by atoms with Gasteiger partial charge < -0.3 is 10.2 Å². The number of rotatable bonds is 9. The summed E-state index contributed by atoms with van der Waals surface area (Å²) >= 11 is 0. The van der Waals surface area contributed by atoms with E-state index < -0.39 is 0 Å². The molecule has 0 aliphatic carbocycles. The third kappa shape index (κ3) is 11.8. The average Bonchev–Trinajstić information content (AvgIpc) is 2.62. The molecular formula is C22H36N2O. The smallest absolute Gasteiger partial charge is 0.318 e. The number of hydrogen-bond donors (Lipinski definition) is 1. The van der Waals surface area contributed by atoms with Crippen LogP contribution in [0, 0.1) is 0 Å². The maximum absolute atomic E-state index is 12.5. The quantitative estimate of drug-likeness (QED) is 0.499. The van der Waals surface area contributed by atoms with E-state index in [0.717, 1.165) is 12.0 Å². The predicted molar refractivity (Wildman–Crippen MR) is 113 cm³/mol. The highest BCUT2D eigenvalue weighted by atomic mass is 16.2. The van der Waals surface area contributed by atoms with Gasteiger partial charge in [0, 0.05) is 18.3 Å². The van der Waals surface area contributed by atoms with Gasteiger partial charge in [-0.3, -0.25) is 0 Å². The van der Waals surface area contributed by atoms with Gasteiger partial charge in [0.05, 0.1) is 0 Å². The molecule has 3 nitrogen and oxygen atoms in total. The Morgan fingerprint density at radius 2 is 1.84 bits per heavy atom. The molecular weight excluding hydrogens is 308 g/mol. The number of hydrogen-bond acceptors (Lipinski definition) is 1. The van der Waals surface area contributed by atoms with Crippen LogP contribution in [-0.4, -0.2) is 23.5 Å².